The Morgan fingerprint density at radius 3 is 2.71 bits per heavy atom. The number of aryl methyl sites for hydroxylation is 2. The fourth-order valence-corrected chi connectivity index (χ4v) is 3.63. The second-order valence-electron chi connectivity index (χ2n) is 3.33. The van der Waals surface area contributed by atoms with Crippen LogP contribution in [-0.2, 0) is 17.1 Å². The molecule has 0 aliphatic carbocycles. The van der Waals surface area contributed by atoms with Gasteiger partial charge < -0.3 is 0 Å². The van der Waals surface area contributed by atoms with Crippen LogP contribution in [0.2, 0.25) is 4.47 Å². The third-order valence-electron chi connectivity index (χ3n) is 1.96. The monoisotopic (exact) mass is 292 g/mol. The van der Waals surface area contributed by atoms with Crippen molar-refractivity contribution < 1.29 is 8.42 Å². The van der Waals surface area contributed by atoms with Crippen molar-refractivity contribution in [3.63, 3.8) is 0 Å². The molecule has 2 rings (SSSR count). The molecule has 2 aromatic heterocycles. The number of hydrogen-bond donors (Lipinski definition) is 1. The van der Waals surface area contributed by atoms with Crippen LogP contribution in [-0.4, -0.2) is 23.2 Å². The molecule has 6 nitrogen and oxygen atoms in total. The van der Waals surface area contributed by atoms with Gasteiger partial charge in [0.05, 0.1) is 11.9 Å². The Balaban J connectivity index is 2.32. The van der Waals surface area contributed by atoms with Crippen LogP contribution in [0.15, 0.2) is 16.5 Å². The summed E-state index contributed by atoms with van der Waals surface area (Å²) in [6, 6.07) is 1.64. The molecule has 0 aliphatic rings. The average molecular weight is 293 g/mol. The number of anilines is 1. The third kappa shape index (κ3) is 2.59. The Morgan fingerprint density at radius 2 is 2.24 bits per heavy atom. The SMILES string of the molecule is Cc1cc(NS(=O)(=O)c2cnc(Cl)s2)n(C)n1. The standard InChI is InChI=1S/C8H9ClN4O2S2/c1-5-3-6(13(2)11-5)12-17(14,15)7-4-10-8(9)16-7/h3-4,12H,1-2H3. The lowest BCUT2D eigenvalue weighted by Gasteiger charge is -2.04. The van der Waals surface area contributed by atoms with E-state index in [1.54, 1.807) is 20.0 Å². The third-order valence-corrected chi connectivity index (χ3v) is 4.89. The van der Waals surface area contributed by atoms with E-state index in [0.29, 0.717) is 5.82 Å². The normalized spacial score (nSPS) is 11.7. The Kier molecular flexibility index (Phi) is 3.11. The summed E-state index contributed by atoms with van der Waals surface area (Å²) in [5.74, 6) is 0.395. The topological polar surface area (TPSA) is 76.9 Å². The lowest BCUT2D eigenvalue weighted by molar-refractivity contribution is 0.602. The van der Waals surface area contributed by atoms with Crippen molar-refractivity contribution in [3.05, 3.63) is 22.4 Å². The number of hydrogen-bond acceptors (Lipinski definition) is 5. The van der Waals surface area contributed by atoms with Crippen LogP contribution in [0.5, 0.6) is 0 Å². The Morgan fingerprint density at radius 1 is 1.53 bits per heavy atom. The molecule has 2 aromatic rings. The summed E-state index contributed by atoms with van der Waals surface area (Å²) in [7, 11) is -1.98. The minimum atomic E-state index is -3.64. The van der Waals surface area contributed by atoms with E-state index < -0.39 is 10.0 Å². The first-order valence-corrected chi connectivity index (χ1v) is 7.21. The molecule has 17 heavy (non-hydrogen) atoms. The minimum absolute atomic E-state index is 0.0707. The van der Waals surface area contributed by atoms with Gasteiger partial charge in [-0.05, 0) is 6.92 Å². The molecule has 0 fully saturated rings. The zero-order valence-corrected chi connectivity index (χ0v) is 11.4. The highest BCUT2D eigenvalue weighted by Crippen LogP contribution is 2.24. The first kappa shape index (κ1) is 12.3. The maximum atomic E-state index is 11.9. The van der Waals surface area contributed by atoms with Gasteiger partial charge in [0.25, 0.3) is 10.0 Å². The largest absolute Gasteiger partial charge is 0.274 e. The van der Waals surface area contributed by atoms with E-state index in [4.69, 9.17) is 11.6 Å². The lowest BCUT2D eigenvalue weighted by atomic mass is 10.5. The molecular formula is C8H9ClN4O2S2. The summed E-state index contributed by atoms with van der Waals surface area (Å²) in [6.45, 7) is 1.78. The number of aromatic nitrogens is 3. The average Bonchev–Trinajstić information content (AvgIpc) is 2.74. The summed E-state index contributed by atoms with van der Waals surface area (Å²) < 4.78 is 28.0. The first-order valence-electron chi connectivity index (χ1n) is 4.53. The number of nitrogens with zero attached hydrogens (tertiary/aromatic N) is 3. The van der Waals surface area contributed by atoms with Crippen LogP contribution >= 0.6 is 22.9 Å². The van der Waals surface area contributed by atoms with Crippen molar-refractivity contribution in [3.8, 4) is 0 Å². The summed E-state index contributed by atoms with van der Waals surface area (Å²) in [5.41, 5.74) is 0.729. The first-order chi connectivity index (χ1) is 7.88. The Hall–Kier alpha value is -1.12. The van der Waals surface area contributed by atoms with Crippen LogP contribution in [0.4, 0.5) is 5.82 Å². The van der Waals surface area contributed by atoms with Crippen LogP contribution in [0.3, 0.4) is 0 Å². The van der Waals surface area contributed by atoms with Gasteiger partial charge in [-0.25, -0.2) is 13.4 Å². The van der Waals surface area contributed by atoms with Crippen molar-refractivity contribution in [2.75, 3.05) is 4.72 Å². The molecule has 9 heteroatoms. The molecule has 0 spiro atoms. The van der Waals surface area contributed by atoms with E-state index in [9.17, 15) is 8.42 Å². The van der Waals surface area contributed by atoms with Crippen molar-refractivity contribution in [2.24, 2.45) is 7.05 Å². The van der Waals surface area contributed by atoms with Gasteiger partial charge in [0.15, 0.2) is 8.68 Å². The highest BCUT2D eigenvalue weighted by molar-refractivity contribution is 7.94. The molecule has 1 N–H and O–H groups in total. The van der Waals surface area contributed by atoms with Crippen LogP contribution in [0, 0.1) is 6.92 Å². The predicted octanol–water partition coefficient (Wildman–Crippen LogP) is 1.64. The van der Waals surface area contributed by atoms with Gasteiger partial charge in [-0.15, -0.1) is 0 Å². The summed E-state index contributed by atoms with van der Waals surface area (Å²) in [5, 5.41) is 4.05. The van der Waals surface area contributed by atoms with E-state index >= 15 is 0 Å². The van der Waals surface area contributed by atoms with Crippen molar-refractivity contribution in [1.82, 2.24) is 14.8 Å². The second-order valence-corrected chi connectivity index (χ2v) is 6.85. The van der Waals surface area contributed by atoms with Crippen LogP contribution in [0.25, 0.3) is 0 Å². The van der Waals surface area contributed by atoms with Gasteiger partial charge in [-0.2, -0.15) is 5.10 Å². The molecule has 0 amide bonds. The number of rotatable bonds is 3. The molecule has 0 atom stereocenters. The van der Waals surface area contributed by atoms with E-state index in [-0.39, 0.29) is 8.68 Å². The van der Waals surface area contributed by atoms with Gasteiger partial charge in [0.2, 0.25) is 0 Å². The van der Waals surface area contributed by atoms with E-state index in [1.807, 2.05) is 0 Å². The molecule has 0 unspecified atom stereocenters. The molecule has 0 bridgehead atoms. The lowest BCUT2D eigenvalue weighted by Crippen LogP contribution is -2.14. The number of sulfonamides is 1. The van der Waals surface area contributed by atoms with E-state index in [0.717, 1.165) is 17.0 Å². The summed E-state index contributed by atoms with van der Waals surface area (Å²) in [6.07, 6.45) is 1.22. The minimum Gasteiger partial charge on any atom is -0.263 e. The van der Waals surface area contributed by atoms with Gasteiger partial charge in [0.1, 0.15) is 5.82 Å². The highest BCUT2D eigenvalue weighted by atomic mass is 35.5. The number of halogens is 1. The molecule has 2 heterocycles. The van der Waals surface area contributed by atoms with Gasteiger partial charge >= 0.3 is 0 Å². The van der Waals surface area contributed by atoms with Crippen LogP contribution < -0.4 is 4.72 Å². The Labute approximate surface area is 107 Å². The zero-order valence-electron chi connectivity index (χ0n) is 9.01. The predicted molar refractivity (Wildman–Crippen MR) is 65.9 cm³/mol. The summed E-state index contributed by atoms with van der Waals surface area (Å²) >= 11 is 6.50. The summed E-state index contributed by atoms with van der Waals surface area (Å²) in [4.78, 5) is 3.69. The van der Waals surface area contributed by atoms with E-state index in [2.05, 4.69) is 14.8 Å². The fraction of sp³-hybridized carbons (Fsp3) is 0.250. The fourth-order valence-electron chi connectivity index (χ4n) is 1.26. The number of nitrogens with one attached hydrogen (secondary N) is 1. The molecule has 0 radical (unpaired) electrons. The molecule has 0 aromatic carbocycles. The van der Waals surface area contributed by atoms with Crippen molar-refractivity contribution in [1.29, 1.82) is 0 Å². The van der Waals surface area contributed by atoms with Gasteiger partial charge in [-0.1, -0.05) is 22.9 Å². The second kappa shape index (κ2) is 4.28. The maximum Gasteiger partial charge on any atom is 0.274 e. The zero-order chi connectivity index (χ0) is 12.6. The molecule has 0 aliphatic heterocycles. The van der Waals surface area contributed by atoms with Crippen LogP contribution in [0.1, 0.15) is 5.69 Å². The van der Waals surface area contributed by atoms with E-state index in [1.165, 1.54) is 10.9 Å². The highest BCUT2D eigenvalue weighted by Gasteiger charge is 2.19. The molecular weight excluding hydrogens is 284 g/mol. The van der Waals surface area contributed by atoms with Crippen molar-refractivity contribution >= 4 is 38.8 Å². The van der Waals surface area contributed by atoms with Gasteiger partial charge in [-0.3, -0.25) is 9.40 Å². The molecule has 0 saturated heterocycles. The maximum absolute atomic E-state index is 11.9. The molecule has 92 valence electrons. The van der Waals surface area contributed by atoms with Crippen molar-refractivity contribution in [2.45, 2.75) is 11.1 Å². The number of thiazole rings is 1. The molecule has 0 saturated carbocycles. The quantitative estimate of drug-likeness (QED) is 0.933. The smallest absolute Gasteiger partial charge is 0.263 e. The van der Waals surface area contributed by atoms with Gasteiger partial charge in [0, 0.05) is 13.1 Å². The Bertz CT molecular complexity index is 646.